The molecule has 0 aliphatic heterocycles. The molecule has 0 saturated heterocycles. The van der Waals surface area contributed by atoms with Gasteiger partial charge in [0.15, 0.2) is 0 Å². The third-order valence-corrected chi connectivity index (χ3v) is 2.53. The summed E-state index contributed by atoms with van der Waals surface area (Å²) in [4.78, 5) is 0. The van der Waals surface area contributed by atoms with Gasteiger partial charge in [-0.05, 0) is 44.0 Å². The predicted octanol–water partition coefficient (Wildman–Crippen LogP) is 2.05. The molecule has 90 valence electrons. The van der Waals surface area contributed by atoms with Crippen LogP contribution in [0.4, 0.5) is 0 Å². The molecule has 0 unspecified atom stereocenters. The average molecular weight is 223 g/mol. The van der Waals surface area contributed by atoms with Crippen LogP contribution in [-0.2, 0) is 4.74 Å². The van der Waals surface area contributed by atoms with Gasteiger partial charge in [-0.3, -0.25) is 0 Å². The van der Waals surface area contributed by atoms with E-state index in [2.05, 4.69) is 19.9 Å². The van der Waals surface area contributed by atoms with E-state index in [-0.39, 0.29) is 0 Å². The minimum atomic E-state index is 0.592. The summed E-state index contributed by atoms with van der Waals surface area (Å²) < 4.78 is 11.0. The molecule has 3 heteroatoms. The van der Waals surface area contributed by atoms with Crippen LogP contribution in [-0.4, -0.2) is 26.4 Å². The number of hydrogen-bond donors (Lipinski definition) is 1. The highest BCUT2D eigenvalue weighted by Gasteiger charge is 2.00. The van der Waals surface area contributed by atoms with Gasteiger partial charge >= 0.3 is 0 Å². The fraction of sp³-hybridized carbons (Fsp3) is 0.538. The molecule has 3 nitrogen and oxygen atoms in total. The van der Waals surface area contributed by atoms with E-state index in [9.17, 15) is 0 Å². The average Bonchev–Trinajstić information content (AvgIpc) is 2.29. The minimum absolute atomic E-state index is 0.592. The Balaban J connectivity index is 2.24. The molecule has 0 spiro atoms. The third kappa shape index (κ3) is 4.21. The quantitative estimate of drug-likeness (QED) is 0.719. The molecule has 0 radical (unpaired) electrons. The van der Waals surface area contributed by atoms with Crippen LogP contribution in [0, 0.1) is 13.8 Å². The molecule has 0 heterocycles. The fourth-order valence-corrected chi connectivity index (χ4v) is 1.38. The maximum absolute atomic E-state index is 5.64. The van der Waals surface area contributed by atoms with Crippen molar-refractivity contribution in [3.8, 4) is 5.75 Å². The van der Waals surface area contributed by atoms with Gasteiger partial charge in [0.05, 0.1) is 6.61 Å². The Hall–Kier alpha value is -1.06. The first kappa shape index (κ1) is 13.0. The van der Waals surface area contributed by atoms with Crippen LogP contribution in [0.2, 0.25) is 0 Å². The zero-order valence-electron chi connectivity index (χ0n) is 10.2. The molecule has 0 aliphatic rings. The second kappa shape index (κ2) is 7.25. The maximum atomic E-state index is 5.64. The lowest BCUT2D eigenvalue weighted by Gasteiger charge is -2.10. The van der Waals surface area contributed by atoms with Crippen LogP contribution in [0.25, 0.3) is 0 Å². The molecule has 0 aliphatic carbocycles. The number of benzene rings is 1. The van der Waals surface area contributed by atoms with Crippen molar-refractivity contribution in [3.05, 3.63) is 29.3 Å². The first-order valence-corrected chi connectivity index (χ1v) is 5.72. The first-order valence-electron chi connectivity index (χ1n) is 5.72. The van der Waals surface area contributed by atoms with Gasteiger partial charge in [-0.2, -0.15) is 0 Å². The Morgan fingerprint density at radius 2 is 1.94 bits per heavy atom. The third-order valence-electron chi connectivity index (χ3n) is 2.53. The molecular formula is C13H21NO2. The van der Waals surface area contributed by atoms with Gasteiger partial charge in [-0.15, -0.1) is 0 Å². The second-order valence-electron chi connectivity index (χ2n) is 3.80. The van der Waals surface area contributed by atoms with Crippen molar-refractivity contribution in [1.29, 1.82) is 0 Å². The van der Waals surface area contributed by atoms with Crippen LogP contribution >= 0.6 is 0 Å². The lowest BCUT2D eigenvalue weighted by Crippen LogP contribution is -2.10. The summed E-state index contributed by atoms with van der Waals surface area (Å²) in [5.41, 5.74) is 7.81. The smallest absolute Gasteiger partial charge is 0.122 e. The monoisotopic (exact) mass is 223 g/mol. The maximum Gasteiger partial charge on any atom is 0.122 e. The first-order chi connectivity index (χ1) is 7.75. The standard InChI is InChI=1S/C13H21NO2/c1-11-5-3-6-13(12(11)2)16-10-9-15-8-4-7-14/h3,5-6H,4,7-10,14H2,1-2H3. The van der Waals surface area contributed by atoms with Crippen LogP contribution in [0.15, 0.2) is 18.2 Å². The number of aryl methyl sites for hydroxylation is 1. The summed E-state index contributed by atoms with van der Waals surface area (Å²) in [6, 6.07) is 6.08. The van der Waals surface area contributed by atoms with Gasteiger partial charge in [0.1, 0.15) is 12.4 Å². The zero-order valence-corrected chi connectivity index (χ0v) is 10.2. The number of hydrogen-bond acceptors (Lipinski definition) is 3. The SMILES string of the molecule is Cc1cccc(OCCOCCCN)c1C. The van der Waals surface area contributed by atoms with Crippen molar-refractivity contribution in [3.63, 3.8) is 0 Å². The fourth-order valence-electron chi connectivity index (χ4n) is 1.38. The van der Waals surface area contributed by atoms with E-state index >= 15 is 0 Å². The molecule has 1 aromatic carbocycles. The van der Waals surface area contributed by atoms with E-state index in [1.54, 1.807) is 0 Å². The Labute approximate surface area is 97.6 Å². The zero-order chi connectivity index (χ0) is 11.8. The van der Waals surface area contributed by atoms with Crippen LogP contribution in [0.3, 0.4) is 0 Å². The van der Waals surface area contributed by atoms with Gasteiger partial charge in [0, 0.05) is 6.61 Å². The highest BCUT2D eigenvalue weighted by Crippen LogP contribution is 2.20. The lowest BCUT2D eigenvalue weighted by molar-refractivity contribution is 0.0992. The van der Waals surface area contributed by atoms with Crippen LogP contribution in [0.5, 0.6) is 5.75 Å². The Kier molecular flexibility index (Phi) is 5.90. The van der Waals surface area contributed by atoms with Crippen molar-refractivity contribution in [2.45, 2.75) is 20.3 Å². The van der Waals surface area contributed by atoms with Gasteiger partial charge in [0.25, 0.3) is 0 Å². The molecule has 0 bridgehead atoms. The Morgan fingerprint density at radius 1 is 1.12 bits per heavy atom. The molecule has 0 fully saturated rings. The van der Waals surface area contributed by atoms with Gasteiger partial charge in [-0.25, -0.2) is 0 Å². The lowest BCUT2D eigenvalue weighted by atomic mass is 10.1. The Bertz CT molecular complexity index is 313. The van der Waals surface area contributed by atoms with E-state index in [1.807, 2.05) is 12.1 Å². The topological polar surface area (TPSA) is 44.5 Å². The molecule has 1 rings (SSSR count). The van der Waals surface area contributed by atoms with Crippen molar-refractivity contribution < 1.29 is 9.47 Å². The molecule has 16 heavy (non-hydrogen) atoms. The molecule has 1 aromatic rings. The summed E-state index contributed by atoms with van der Waals surface area (Å²) in [6.07, 6.45) is 0.906. The van der Waals surface area contributed by atoms with Gasteiger partial charge in [-0.1, -0.05) is 12.1 Å². The van der Waals surface area contributed by atoms with E-state index < -0.39 is 0 Å². The number of nitrogens with two attached hydrogens (primary N) is 1. The van der Waals surface area contributed by atoms with E-state index in [0.29, 0.717) is 26.4 Å². The number of rotatable bonds is 7. The summed E-state index contributed by atoms with van der Waals surface area (Å²) in [6.45, 7) is 6.76. The van der Waals surface area contributed by atoms with Crippen molar-refractivity contribution in [2.75, 3.05) is 26.4 Å². The molecular weight excluding hydrogens is 202 g/mol. The van der Waals surface area contributed by atoms with Gasteiger partial charge in [0.2, 0.25) is 0 Å². The number of ether oxygens (including phenoxy) is 2. The summed E-state index contributed by atoms with van der Waals surface area (Å²) in [7, 11) is 0. The van der Waals surface area contributed by atoms with Crippen LogP contribution in [0.1, 0.15) is 17.5 Å². The second-order valence-corrected chi connectivity index (χ2v) is 3.80. The van der Waals surface area contributed by atoms with E-state index in [1.165, 1.54) is 11.1 Å². The van der Waals surface area contributed by atoms with Crippen molar-refractivity contribution in [2.24, 2.45) is 5.73 Å². The molecule has 2 N–H and O–H groups in total. The molecule has 0 atom stereocenters. The highest BCUT2D eigenvalue weighted by atomic mass is 16.5. The Morgan fingerprint density at radius 3 is 2.69 bits per heavy atom. The molecule has 0 amide bonds. The van der Waals surface area contributed by atoms with Crippen LogP contribution < -0.4 is 10.5 Å². The highest BCUT2D eigenvalue weighted by molar-refractivity contribution is 5.38. The largest absolute Gasteiger partial charge is 0.491 e. The van der Waals surface area contributed by atoms with E-state index in [0.717, 1.165) is 12.2 Å². The summed E-state index contributed by atoms with van der Waals surface area (Å²) in [5.74, 6) is 0.947. The summed E-state index contributed by atoms with van der Waals surface area (Å²) in [5, 5.41) is 0. The van der Waals surface area contributed by atoms with Gasteiger partial charge < -0.3 is 15.2 Å². The molecule has 0 aromatic heterocycles. The van der Waals surface area contributed by atoms with Crippen molar-refractivity contribution in [1.82, 2.24) is 0 Å². The summed E-state index contributed by atoms with van der Waals surface area (Å²) >= 11 is 0. The van der Waals surface area contributed by atoms with Crippen molar-refractivity contribution >= 4 is 0 Å². The molecule has 0 saturated carbocycles. The minimum Gasteiger partial charge on any atom is -0.491 e. The van der Waals surface area contributed by atoms with E-state index in [4.69, 9.17) is 15.2 Å². The normalized spacial score (nSPS) is 10.4. The predicted molar refractivity (Wildman–Crippen MR) is 65.9 cm³/mol.